The number of aromatic amines is 1. The number of pyridine rings is 2. The molecule has 0 aliphatic heterocycles. The van der Waals surface area contributed by atoms with Crippen LogP contribution in [0.25, 0.3) is 11.4 Å². The number of nitrogens with one attached hydrogen (secondary N) is 1. The van der Waals surface area contributed by atoms with Crippen molar-refractivity contribution < 1.29 is 14.6 Å². The summed E-state index contributed by atoms with van der Waals surface area (Å²) in [7, 11) is 0. The van der Waals surface area contributed by atoms with Crippen LogP contribution in [0.1, 0.15) is 73.6 Å². The van der Waals surface area contributed by atoms with Gasteiger partial charge in [-0.05, 0) is 42.7 Å². The van der Waals surface area contributed by atoms with Gasteiger partial charge in [0.2, 0.25) is 0 Å². The van der Waals surface area contributed by atoms with Crippen molar-refractivity contribution in [1.82, 2.24) is 9.97 Å². The Hall–Kier alpha value is -2.83. The summed E-state index contributed by atoms with van der Waals surface area (Å²) in [6.45, 7) is 10.8. The molecule has 1 atom stereocenters. The number of aryl methyl sites for hydroxylation is 1. The smallest absolute Gasteiger partial charge is 0.265 e. The van der Waals surface area contributed by atoms with Crippen molar-refractivity contribution in [3.8, 4) is 22.9 Å². The second kappa shape index (κ2) is 7.54. The minimum Gasteiger partial charge on any atom is -0.507 e. The van der Waals surface area contributed by atoms with Gasteiger partial charge in [-0.1, -0.05) is 34.1 Å². The van der Waals surface area contributed by atoms with E-state index in [9.17, 15) is 14.7 Å². The van der Waals surface area contributed by atoms with Crippen molar-refractivity contribution in [3.63, 3.8) is 0 Å². The van der Waals surface area contributed by atoms with E-state index in [-0.39, 0.29) is 17.1 Å². The highest BCUT2D eigenvalue weighted by Crippen LogP contribution is 2.50. The van der Waals surface area contributed by atoms with Crippen LogP contribution in [0.2, 0.25) is 0 Å². The van der Waals surface area contributed by atoms with Gasteiger partial charge in [0.25, 0.3) is 11.5 Å². The number of H-pyrrole nitrogens is 1. The maximum Gasteiger partial charge on any atom is 0.265 e. The van der Waals surface area contributed by atoms with Gasteiger partial charge in [0.15, 0.2) is 0 Å². The molecule has 0 spiro atoms. The number of carbonyl (C=O) groups excluding carboxylic acids is 1. The van der Waals surface area contributed by atoms with Crippen LogP contribution in [0, 0.1) is 12.3 Å². The minimum absolute atomic E-state index is 0.145. The van der Waals surface area contributed by atoms with E-state index in [4.69, 9.17) is 10.5 Å². The third-order valence-corrected chi connectivity index (χ3v) is 5.53. The second-order valence-corrected chi connectivity index (χ2v) is 8.74. The first-order chi connectivity index (χ1) is 13.6. The number of nitrogens with two attached hydrogens (primary N) is 1. The fourth-order valence-corrected chi connectivity index (χ4v) is 3.89. The highest BCUT2D eigenvalue weighted by molar-refractivity contribution is 5.96. The van der Waals surface area contributed by atoms with Crippen molar-refractivity contribution in [2.24, 2.45) is 11.1 Å². The van der Waals surface area contributed by atoms with Crippen molar-refractivity contribution >= 4 is 5.91 Å². The van der Waals surface area contributed by atoms with Crippen molar-refractivity contribution in [2.45, 2.75) is 59.8 Å². The summed E-state index contributed by atoms with van der Waals surface area (Å²) in [4.78, 5) is 31.7. The van der Waals surface area contributed by atoms with Gasteiger partial charge >= 0.3 is 0 Å². The van der Waals surface area contributed by atoms with Gasteiger partial charge < -0.3 is 20.6 Å². The summed E-state index contributed by atoms with van der Waals surface area (Å²) in [5.41, 5.74) is 7.20. The van der Waals surface area contributed by atoms with E-state index in [0.29, 0.717) is 35.7 Å². The van der Waals surface area contributed by atoms with Crippen LogP contribution >= 0.6 is 0 Å². The van der Waals surface area contributed by atoms with Crippen molar-refractivity contribution in [1.29, 1.82) is 0 Å². The van der Waals surface area contributed by atoms with Gasteiger partial charge in [0.05, 0.1) is 23.7 Å². The Morgan fingerprint density at radius 1 is 1.41 bits per heavy atom. The van der Waals surface area contributed by atoms with E-state index in [0.717, 1.165) is 24.2 Å². The largest absolute Gasteiger partial charge is 0.507 e. The number of carbonyl (C=O) groups is 1. The van der Waals surface area contributed by atoms with E-state index in [1.807, 2.05) is 13.0 Å². The first-order valence-corrected chi connectivity index (χ1v) is 9.98. The molecule has 0 bridgehead atoms. The van der Waals surface area contributed by atoms with E-state index < -0.39 is 17.0 Å². The van der Waals surface area contributed by atoms with Crippen molar-refractivity contribution in [3.05, 3.63) is 38.8 Å². The average molecular weight is 399 g/mol. The Morgan fingerprint density at radius 2 is 2.10 bits per heavy atom. The highest BCUT2D eigenvalue weighted by Gasteiger charge is 2.38. The predicted molar refractivity (Wildman–Crippen MR) is 112 cm³/mol. The lowest BCUT2D eigenvalue weighted by atomic mass is 9.69. The Labute approximate surface area is 170 Å². The normalized spacial score (nSPS) is 15.6. The molecule has 1 unspecified atom stereocenters. The molecule has 1 aliphatic carbocycles. The topological polar surface area (TPSA) is 118 Å². The van der Waals surface area contributed by atoms with Crippen LogP contribution < -0.4 is 16.0 Å². The van der Waals surface area contributed by atoms with Crippen LogP contribution in [0.3, 0.4) is 0 Å². The number of aromatic nitrogens is 2. The number of ether oxygens (including phenoxy) is 1. The summed E-state index contributed by atoms with van der Waals surface area (Å²) < 4.78 is 5.91. The number of aromatic hydroxyl groups is 1. The summed E-state index contributed by atoms with van der Waals surface area (Å²) in [6.07, 6.45) is 2.60. The average Bonchev–Trinajstić information content (AvgIpc) is 2.60. The Kier molecular flexibility index (Phi) is 5.43. The molecule has 7 nitrogen and oxygen atoms in total. The monoisotopic (exact) mass is 399 g/mol. The van der Waals surface area contributed by atoms with Gasteiger partial charge in [-0.25, -0.2) is 4.98 Å². The fourth-order valence-electron chi connectivity index (χ4n) is 3.89. The predicted octanol–water partition coefficient (Wildman–Crippen LogP) is 3.41. The Bertz CT molecular complexity index is 1020. The summed E-state index contributed by atoms with van der Waals surface area (Å²) >= 11 is 0. The van der Waals surface area contributed by atoms with E-state index in [1.54, 1.807) is 0 Å². The molecule has 1 aliphatic rings. The van der Waals surface area contributed by atoms with Gasteiger partial charge in [-0.3, -0.25) is 9.59 Å². The Morgan fingerprint density at radius 3 is 2.69 bits per heavy atom. The Balaban J connectivity index is 2.25. The molecule has 7 heteroatoms. The molecule has 0 saturated carbocycles. The molecule has 0 saturated heterocycles. The van der Waals surface area contributed by atoms with Crippen LogP contribution in [0.5, 0.6) is 11.5 Å². The number of rotatable bonds is 5. The lowest BCUT2D eigenvalue weighted by molar-refractivity contribution is 0.0995. The maximum absolute atomic E-state index is 12.5. The SMILES string of the molecule is CCCCOc1cc2c(nc1C)-c1[nH]c(=O)c(C(N)=O)c(O)c1C(C(C)(C)C)C2. The zero-order chi connectivity index (χ0) is 21.5. The molecule has 0 fully saturated rings. The zero-order valence-corrected chi connectivity index (χ0v) is 17.7. The second-order valence-electron chi connectivity index (χ2n) is 8.74. The molecule has 2 heterocycles. The van der Waals surface area contributed by atoms with Gasteiger partial charge in [0.1, 0.15) is 17.1 Å². The van der Waals surface area contributed by atoms with Crippen LogP contribution in [0.15, 0.2) is 10.9 Å². The van der Waals surface area contributed by atoms with Gasteiger partial charge in [0, 0.05) is 5.56 Å². The summed E-state index contributed by atoms with van der Waals surface area (Å²) in [5.74, 6) is -0.708. The molecule has 3 rings (SSSR count). The molecule has 0 aromatic carbocycles. The third kappa shape index (κ3) is 3.73. The first kappa shape index (κ1) is 20.9. The van der Waals surface area contributed by atoms with E-state index in [2.05, 4.69) is 37.7 Å². The number of primary amides is 1. The zero-order valence-electron chi connectivity index (χ0n) is 17.7. The number of hydrogen-bond donors (Lipinski definition) is 3. The van der Waals surface area contributed by atoms with Gasteiger partial charge in [-0.2, -0.15) is 0 Å². The molecule has 29 heavy (non-hydrogen) atoms. The molecular weight excluding hydrogens is 370 g/mol. The van der Waals surface area contributed by atoms with Crippen LogP contribution in [0.4, 0.5) is 0 Å². The van der Waals surface area contributed by atoms with E-state index >= 15 is 0 Å². The third-order valence-electron chi connectivity index (χ3n) is 5.53. The van der Waals surface area contributed by atoms with Gasteiger partial charge in [-0.15, -0.1) is 0 Å². The first-order valence-electron chi connectivity index (χ1n) is 9.98. The molecule has 2 aromatic rings. The van der Waals surface area contributed by atoms with Crippen LogP contribution in [-0.2, 0) is 6.42 Å². The number of fused-ring (bicyclic) bond motifs is 3. The summed E-state index contributed by atoms with van der Waals surface area (Å²) in [6, 6.07) is 1.98. The van der Waals surface area contributed by atoms with E-state index in [1.165, 1.54) is 0 Å². The standard InChI is InChI=1S/C22H29N3O4/c1-6-7-8-29-14-10-12-9-13(22(3,4)5)15-18(17(12)24-11(14)2)25-21(28)16(19(15)26)20(23)27/h10,13H,6-9H2,1-5H3,(H2,23,27)(H2,25,26,28). The molecular formula is C22H29N3O4. The molecule has 4 N–H and O–H groups in total. The molecule has 2 aromatic heterocycles. The lowest BCUT2D eigenvalue weighted by Gasteiger charge is -2.36. The molecule has 1 amide bonds. The quantitative estimate of drug-likeness (QED) is 0.666. The maximum atomic E-state index is 12.5. The number of amides is 1. The number of nitrogens with zero attached hydrogens (tertiary/aromatic N) is 1. The molecule has 156 valence electrons. The van der Waals surface area contributed by atoms with Crippen molar-refractivity contribution in [2.75, 3.05) is 6.61 Å². The highest BCUT2D eigenvalue weighted by atomic mass is 16.5. The lowest BCUT2D eigenvalue weighted by Crippen LogP contribution is -2.31. The minimum atomic E-state index is -0.950. The summed E-state index contributed by atoms with van der Waals surface area (Å²) in [5, 5.41) is 10.8. The number of unbranched alkanes of at least 4 members (excludes halogenated alkanes) is 1. The van der Waals surface area contributed by atoms with Crippen LogP contribution in [-0.4, -0.2) is 27.6 Å². The fraction of sp³-hybridized carbons (Fsp3) is 0.500. The molecule has 0 radical (unpaired) electrons. The number of hydrogen-bond acceptors (Lipinski definition) is 5.